The van der Waals surface area contributed by atoms with Crippen molar-refractivity contribution in [2.75, 3.05) is 29.9 Å². The van der Waals surface area contributed by atoms with Crippen molar-refractivity contribution in [2.24, 2.45) is 0 Å². The van der Waals surface area contributed by atoms with Gasteiger partial charge in [-0.15, -0.1) is 0 Å². The van der Waals surface area contributed by atoms with Gasteiger partial charge in [-0.05, 0) is 82.3 Å². The van der Waals surface area contributed by atoms with E-state index < -0.39 is 23.8 Å². The summed E-state index contributed by atoms with van der Waals surface area (Å²) in [5.41, 5.74) is 2.88. The molecule has 1 N–H and O–H groups in total. The van der Waals surface area contributed by atoms with Crippen molar-refractivity contribution in [3.63, 3.8) is 0 Å². The zero-order chi connectivity index (χ0) is 32.9. The number of carbonyl (C=O) groups is 3. The average Bonchev–Trinajstić information content (AvgIpc) is 3.35. The molecular formula is C32H35F3N6O4. The number of hydrogen-bond donors (Lipinski definition) is 1. The number of carbonyl (C=O) groups excluding carboxylic acids is 3. The third-order valence-electron chi connectivity index (χ3n) is 7.40. The Morgan fingerprint density at radius 1 is 1.09 bits per heavy atom. The number of likely N-dealkylation sites (tertiary alicyclic amines) is 1. The fraction of sp³-hybridized carbons (Fsp3) is 0.406. The van der Waals surface area contributed by atoms with Gasteiger partial charge < -0.3 is 19.9 Å². The minimum absolute atomic E-state index is 0.00124. The summed E-state index contributed by atoms with van der Waals surface area (Å²) in [4.78, 5) is 44.4. The van der Waals surface area contributed by atoms with Crippen molar-refractivity contribution in [1.82, 2.24) is 14.5 Å². The van der Waals surface area contributed by atoms with Crippen LogP contribution in [0, 0.1) is 18.3 Å². The lowest BCUT2D eigenvalue weighted by atomic mass is 9.89. The molecule has 0 aliphatic carbocycles. The smallest absolute Gasteiger partial charge is 0.443 e. The highest BCUT2D eigenvalue weighted by molar-refractivity contribution is 5.94. The number of nitriles is 1. The van der Waals surface area contributed by atoms with E-state index in [-0.39, 0.29) is 38.0 Å². The number of benzene rings is 2. The molecule has 10 nitrogen and oxygen atoms in total. The first-order valence-electron chi connectivity index (χ1n) is 14.4. The molecule has 0 bridgehead atoms. The second-order valence-electron chi connectivity index (χ2n) is 11.9. The second kappa shape index (κ2) is 13.4. The van der Waals surface area contributed by atoms with Gasteiger partial charge in [0.2, 0.25) is 5.91 Å². The number of halogens is 3. The largest absolute Gasteiger partial charge is 0.471 e. The summed E-state index contributed by atoms with van der Waals surface area (Å²) < 4.78 is 45.0. The molecule has 3 aromatic rings. The van der Waals surface area contributed by atoms with Crippen LogP contribution in [0.1, 0.15) is 62.0 Å². The maximum atomic E-state index is 13.2. The van der Waals surface area contributed by atoms with Gasteiger partial charge in [-0.1, -0.05) is 18.2 Å². The van der Waals surface area contributed by atoms with Crippen LogP contribution in [0.3, 0.4) is 0 Å². The Kier molecular flexibility index (Phi) is 9.85. The molecule has 1 aromatic heterocycles. The van der Waals surface area contributed by atoms with E-state index in [4.69, 9.17) is 4.74 Å². The van der Waals surface area contributed by atoms with Crippen LogP contribution in [0.25, 0.3) is 0 Å². The monoisotopic (exact) mass is 624 g/mol. The van der Waals surface area contributed by atoms with Crippen LogP contribution in [0.5, 0.6) is 0 Å². The minimum Gasteiger partial charge on any atom is -0.443 e. The molecule has 45 heavy (non-hydrogen) atoms. The zero-order valence-electron chi connectivity index (χ0n) is 25.5. The third-order valence-corrected chi connectivity index (χ3v) is 7.40. The second-order valence-corrected chi connectivity index (χ2v) is 11.9. The van der Waals surface area contributed by atoms with E-state index in [2.05, 4.69) is 16.4 Å². The molecule has 2 aromatic carbocycles. The molecule has 0 saturated carbocycles. The van der Waals surface area contributed by atoms with Gasteiger partial charge in [-0.25, -0.2) is 14.3 Å². The van der Waals surface area contributed by atoms with E-state index in [1.165, 1.54) is 10.9 Å². The summed E-state index contributed by atoms with van der Waals surface area (Å²) in [5.74, 6) is -2.15. The highest BCUT2D eigenvalue weighted by Crippen LogP contribution is 2.31. The Bertz CT molecular complexity index is 1580. The molecular weight excluding hydrogens is 589 g/mol. The summed E-state index contributed by atoms with van der Waals surface area (Å²) in [6, 6.07) is 16.0. The molecule has 2 amide bonds. The van der Waals surface area contributed by atoms with Gasteiger partial charge >= 0.3 is 18.2 Å². The van der Waals surface area contributed by atoms with Crippen molar-refractivity contribution < 1.29 is 32.3 Å². The first kappa shape index (κ1) is 33.0. The number of amides is 2. The number of hydrogen-bond acceptors (Lipinski definition) is 7. The summed E-state index contributed by atoms with van der Waals surface area (Å²) in [6.07, 6.45) is -3.25. The molecule has 1 aliphatic rings. The van der Waals surface area contributed by atoms with Crippen molar-refractivity contribution in [3.05, 3.63) is 77.4 Å². The number of imidazole rings is 1. The number of aromatic nitrogens is 2. The van der Waals surface area contributed by atoms with Gasteiger partial charge in [0, 0.05) is 24.5 Å². The topological polar surface area (TPSA) is 121 Å². The van der Waals surface area contributed by atoms with Crippen LogP contribution < -0.4 is 10.2 Å². The predicted molar refractivity (Wildman–Crippen MR) is 160 cm³/mol. The maximum absolute atomic E-state index is 13.2. The molecule has 4 rings (SSSR count). The van der Waals surface area contributed by atoms with Gasteiger partial charge in [0.25, 0.3) is 0 Å². The molecule has 1 fully saturated rings. The van der Waals surface area contributed by atoms with Crippen LogP contribution in [-0.4, -0.2) is 63.8 Å². The normalized spacial score (nSPS) is 14.0. The van der Waals surface area contributed by atoms with E-state index in [1.54, 1.807) is 69.0 Å². The lowest BCUT2D eigenvalue weighted by molar-refractivity contribution is -0.186. The molecule has 0 radical (unpaired) electrons. The van der Waals surface area contributed by atoms with Crippen LogP contribution >= 0.6 is 0 Å². The Morgan fingerprint density at radius 2 is 1.76 bits per heavy atom. The molecule has 238 valence electrons. The summed E-state index contributed by atoms with van der Waals surface area (Å²) in [6.45, 7) is 7.16. The van der Waals surface area contributed by atoms with Crippen LogP contribution in [0.4, 0.5) is 29.3 Å². The SMILES string of the molecule is Cc1c(CN(CC(=O)Nc2ccc(C3CCN(C(=O)C(F)(F)F)CC3)cc2)c2cccc(C#N)c2)ncn1C(=O)OC(C)(C)C. The molecule has 1 aliphatic heterocycles. The number of anilines is 2. The summed E-state index contributed by atoms with van der Waals surface area (Å²) >= 11 is 0. The number of piperidine rings is 1. The Morgan fingerprint density at radius 3 is 2.36 bits per heavy atom. The first-order chi connectivity index (χ1) is 21.1. The number of nitrogens with one attached hydrogen (secondary N) is 1. The van der Waals surface area contributed by atoms with Crippen LogP contribution in [0.2, 0.25) is 0 Å². The van der Waals surface area contributed by atoms with Crippen LogP contribution in [0.15, 0.2) is 54.9 Å². The van der Waals surface area contributed by atoms with E-state index in [1.807, 2.05) is 12.1 Å². The van der Waals surface area contributed by atoms with Crippen molar-refractivity contribution in [1.29, 1.82) is 5.26 Å². The lowest BCUT2D eigenvalue weighted by Crippen LogP contribution is -2.45. The highest BCUT2D eigenvalue weighted by Gasteiger charge is 2.43. The molecule has 0 spiro atoms. The Hall–Kier alpha value is -4.86. The molecule has 0 atom stereocenters. The average molecular weight is 625 g/mol. The van der Waals surface area contributed by atoms with Gasteiger partial charge in [0.1, 0.15) is 11.9 Å². The van der Waals surface area contributed by atoms with Crippen LogP contribution in [-0.2, 0) is 20.9 Å². The molecule has 1 saturated heterocycles. The highest BCUT2D eigenvalue weighted by atomic mass is 19.4. The van der Waals surface area contributed by atoms with E-state index in [0.29, 0.717) is 41.2 Å². The fourth-order valence-corrected chi connectivity index (χ4v) is 5.10. The van der Waals surface area contributed by atoms with Gasteiger partial charge in [-0.2, -0.15) is 18.4 Å². The molecule has 0 unspecified atom stereocenters. The van der Waals surface area contributed by atoms with Gasteiger partial charge in [0.05, 0.1) is 36.1 Å². The Labute approximate surface area is 259 Å². The fourth-order valence-electron chi connectivity index (χ4n) is 5.10. The van der Waals surface area contributed by atoms with E-state index in [0.717, 1.165) is 10.5 Å². The first-order valence-corrected chi connectivity index (χ1v) is 14.4. The van der Waals surface area contributed by atoms with Gasteiger partial charge in [-0.3, -0.25) is 9.59 Å². The van der Waals surface area contributed by atoms with E-state index >= 15 is 0 Å². The van der Waals surface area contributed by atoms with E-state index in [9.17, 15) is 32.8 Å². The number of nitrogens with zero attached hydrogens (tertiary/aromatic N) is 5. The molecule has 2 heterocycles. The lowest BCUT2D eigenvalue weighted by Gasteiger charge is -2.32. The summed E-state index contributed by atoms with van der Waals surface area (Å²) in [7, 11) is 0. The van der Waals surface area contributed by atoms with Crippen molar-refractivity contribution in [2.45, 2.75) is 64.8 Å². The van der Waals surface area contributed by atoms with Gasteiger partial charge in [0.15, 0.2) is 0 Å². The maximum Gasteiger partial charge on any atom is 0.471 e. The van der Waals surface area contributed by atoms with Crippen molar-refractivity contribution in [3.8, 4) is 6.07 Å². The molecule has 13 heteroatoms. The third kappa shape index (κ3) is 8.62. The predicted octanol–water partition coefficient (Wildman–Crippen LogP) is 5.76. The standard InChI is InChI=1S/C32H35F3N6O4/c1-21-27(37-20-41(21)30(44)45-31(2,3)4)18-40(26-7-5-6-22(16-26)17-36)19-28(42)38-25-10-8-23(9-11-25)24-12-14-39(15-13-24)29(43)32(33,34)35/h5-11,16,20,24H,12-15,18-19H2,1-4H3,(H,38,42). The van der Waals surface area contributed by atoms with Crippen molar-refractivity contribution >= 4 is 29.3 Å². The number of alkyl halides is 3. The number of ether oxygens (including phenoxy) is 1. The number of rotatable bonds is 7. The minimum atomic E-state index is -4.87. The Balaban J connectivity index is 1.43. The summed E-state index contributed by atoms with van der Waals surface area (Å²) in [5, 5.41) is 12.3. The zero-order valence-corrected chi connectivity index (χ0v) is 25.5. The quantitative estimate of drug-likeness (QED) is 0.355.